The van der Waals surface area contributed by atoms with E-state index in [-0.39, 0.29) is 5.91 Å². The number of hydrogen-bond acceptors (Lipinski definition) is 4. The monoisotopic (exact) mass is 433 g/mol. The van der Waals surface area contributed by atoms with E-state index in [0.717, 1.165) is 50.5 Å². The lowest BCUT2D eigenvalue weighted by molar-refractivity contribution is 0.102. The SMILES string of the molecule is Cc1cc(NC(=O)c2ccccc2C)ccc1Cc1nc(-c2cccnc2)c2[nH]ccc2n1. The van der Waals surface area contributed by atoms with E-state index in [2.05, 4.69) is 15.3 Å². The predicted octanol–water partition coefficient (Wildman–Crippen LogP) is 5.48. The summed E-state index contributed by atoms with van der Waals surface area (Å²) in [7, 11) is 0. The van der Waals surface area contributed by atoms with Gasteiger partial charge in [0.25, 0.3) is 5.91 Å². The normalized spacial score (nSPS) is 11.0. The van der Waals surface area contributed by atoms with Crippen molar-refractivity contribution in [2.45, 2.75) is 20.3 Å². The predicted molar refractivity (Wildman–Crippen MR) is 130 cm³/mol. The van der Waals surface area contributed by atoms with Crippen LogP contribution in [0.15, 0.2) is 79.3 Å². The van der Waals surface area contributed by atoms with E-state index >= 15 is 0 Å². The molecule has 33 heavy (non-hydrogen) atoms. The molecule has 5 aromatic rings. The average Bonchev–Trinajstić information content (AvgIpc) is 3.30. The number of amides is 1. The van der Waals surface area contributed by atoms with Gasteiger partial charge in [-0.1, -0.05) is 24.3 Å². The number of nitrogens with one attached hydrogen (secondary N) is 2. The van der Waals surface area contributed by atoms with E-state index in [0.29, 0.717) is 12.0 Å². The number of carbonyl (C=O) groups excluding carboxylic acids is 1. The number of pyridine rings is 1. The third kappa shape index (κ3) is 4.23. The molecule has 0 saturated carbocycles. The summed E-state index contributed by atoms with van der Waals surface area (Å²) < 4.78 is 0. The number of nitrogens with zero attached hydrogens (tertiary/aromatic N) is 3. The molecule has 0 bridgehead atoms. The number of H-pyrrole nitrogens is 1. The first kappa shape index (κ1) is 20.6. The van der Waals surface area contributed by atoms with Gasteiger partial charge in [0.2, 0.25) is 0 Å². The molecule has 5 rings (SSSR count). The molecule has 1 amide bonds. The van der Waals surface area contributed by atoms with Gasteiger partial charge < -0.3 is 10.3 Å². The molecule has 0 spiro atoms. The minimum absolute atomic E-state index is 0.109. The Hall–Kier alpha value is -4.32. The molecule has 0 aliphatic carbocycles. The number of rotatable bonds is 5. The van der Waals surface area contributed by atoms with E-state index in [9.17, 15) is 4.79 Å². The summed E-state index contributed by atoms with van der Waals surface area (Å²) >= 11 is 0. The van der Waals surface area contributed by atoms with Crippen LogP contribution in [0, 0.1) is 13.8 Å². The summed E-state index contributed by atoms with van der Waals surface area (Å²) in [6.45, 7) is 3.97. The molecule has 2 N–H and O–H groups in total. The Morgan fingerprint density at radius 2 is 1.85 bits per heavy atom. The third-order valence-corrected chi connectivity index (χ3v) is 5.73. The quantitative estimate of drug-likeness (QED) is 0.384. The average molecular weight is 434 g/mol. The first-order valence-electron chi connectivity index (χ1n) is 10.8. The van der Waals surface area contributed by atoms with Gasteiger partial charge in [0.1, 0.15) is 5.82 Å². The van der Waals surface area contributed by atoms with Gasteiger partial charge in [0.15, 0.2) is 0 Å². The molecule has 2 aromatic carbocycles. The van der Waals surface area contributed by atoms with Gasteiger partial charge in [0, 0.05) is 41.8 Å². The maximum atomic E-state index is 12.7. The minimum atomic E-state index is -0.109. The number of fused-ring (bicyclic) bond motifs is 1. The molecular weight excluding hydrogens is 410 g/mol. The van der Waals surface area contributed by atoms with Gasteiger partial charge in [0.05, 0.1) is 16.7 Å². The molecule has 0 aliphatic rings. The maximum Gasteiger partial charge on any atom is 0.255 e. The van der Waals surface area contributed by atoms with Crippen molar-refractivity contribution in [3.8, 4) is 11.3 Å². The van der Waals surface area contributed by atoms with Crippen molar-refractivity contribution in [2.24, 2.45) is 0 Å². The molecule has 162 valence electrons. The lowest BCUT2D eigenvalue weighted by Crippen LogP contribution is -2.13. The van der Waals surface area contributed by atoms with E-state index < -0.39 is 0 Å². The van der Waals surface area contributed by atoms with Gasteiger partial charge in [-0.05, 0) is 66.9 Å². The summed E-state index contributed by atoms with van der Waals surface area (Å²) in [4.78, 5) is 29.7. The first-order chi connectivity index (χ1) is 16.1. The molecule has 0 atom stereocenters. The Bertz CT molecular complexity index is 1460. The van der Waals surface area contributed by atoms with Crippen molar-refractivity contribution in [2.75, 3.05) is 5.32 Å². The van der Waals surface area contributed by atoms with Crippen LogP contribution < -0.4 is 5.32 Å². The fourth-order valence-electron chi connectivity index (χ4n) is 3.95. The Balaban J connectivity index is 1.41. The fraction of sp³-hybridized carbons (Fsp3) is 0.111. The number of hydrogen-bond donors (Lipinski definition) is 2. The second-order valence-electron chi connectivity index (χ2n) is 8.06. The minimum Gasteiger partial charge on any atom is -0.358 e. The van der Waals surface area contributed by atoms with Crippen LogP contribution in [-0.2, 0) is 6.42 Å². The van der Waals surface area contributed by atoms with Crippen LogP contribution >= 0.6 is 0 Å². The number of anilines is 1. The van der Waals surface area contributed by atoms with Crippen molar-refractivity contribution >= 4 is 22.6 Å². The molecule has 0 saturated heterocycles. The molecule has 0 aliphatic heterocycles. The smallest absolute Gasteiger partial charge is 0.255 e. The molecular formula is C27H23N5O. The van der Waals surface area contributed by atoms with Crippen LogP contribution in [0.4, 0.5) is 5.69 Å². The van der Waals surface area contributed by atoms with Crippen molar-refractivity contribution < 1.29 is 4.79 Å². The Kier molecular flexibility index (Phi) is 5.40. The van der Waals surface area contributed by atoms with E-state index in [1.54, 1.807) is 6.20 Å². The van der Waals surface area contributed by atoms with E-state index in [1.165, 1.54) is 0 Å². The van der Waals surface area contributed by atoms with Crippen molar-refractivity contribution in [3.63, 3.8) is 0 Å². The zero-order chi connectivity index (χ0) is 22.8. The van der Waals surface area contributed by atoms with Crippen LogP contribution in [0.3, 0.4) is 0 Å². The lowest BCUT2D eigenvalue weighted by Gasteiger charge is -2.11. The highest BCUT2D eigenvalue weighted by Gasteiger charge is 2.13. The van der Waals surface area contributed by atoms with Crippen molar-refractivity contribution in [3.05, 3.63) is 107 Å². The summed E-state index contributed by atoms with van der Waals surface area (Å²) in [5.41, 5.74) is 8.13. The first-order valence-corrected chi connectivity index (χ1v) is 10.8. The summed E-state index contributed by atoms with van der Waals surface area (Å²) in [5.74, 6) is 0.628. The highest BCUT2D eigenvalue weighted by molar-refractivity contribution is 6.05. The number of carbonyl (C=O) groups is 1. The number of aromatic amines is 1. The van der Waals surface area contributed by atoms with E-state index in [1.807, 2.05) is 86.9 Å². The van der Waals surface area contributed by atoms with Gasteiger partial charge in [-0.25, -0.2) is 9.97 Å². The summed E-state index contributed by atoms with van der Waals surface area (Å²) in [6.07, 6.45) is 6.02. The van der Waals surface area contributed by atoms with Crippen LogP contribution in [0.5, 0.6) is 0 Å². The lowest BCUT2D eigenvalue weighted by atomic mass is 10.0. The van der Waals surface area contributed by atoms with Gasteiger partial charge in [-0.15, -0.1) is 0 Å². The number of aromatic nitrogens is 4. The standard InChI is InChI=1S/C27H23N5O/c1-17-6-3-4-8-22(17)27(33)30-21-10-9-19(18(2)14-21)15-24-31-23-11-13-29-26(23)25(32-24)20-7-5-12-28-16-20/h3-14,16,29H,15H2,1-2H3,(H,30,33). The molecule has 0 radical (unpaired) electrons. The third-order valence-electron chi connectivity index (χ3n) is 5.73. The van der Waals surface area contributed by atoms with Gasteiger partial charge >= 0.3 is 0 Å². The number of aryl methyl sites for hydroxylation is 2. The molecule has 3 heterocycles. The molecule has 0 fully saturated rings. The maximum absolute atomic E-state index is 12.7. The van der Waals surface area contributed by atoms with Gasteiger partial charge in [-0.3, -0.25) is 9.78 Å². The van der Waals surface area contributed by atoms with Crippen LogP contribution in [0.2, 0.25) is 0 Å². The second kappa shape index (κ2) is 8.67. The van der Waals surface area contributed by atoms with Gasteiger partial charge in [-0.2, -0.15) is 0 Å². The molecule has 0 unspecified atom stereocenters. The number of benzene rings is 2. The molecule has 6 heteroatoms. The topological polar surface area (TPSA) is 83.6 Å². The van der Waals surface area contributed by atoms with Crippen molar-refractivity contribution in [1.29, 1.82) is 0 Å². The Morgan fingerprint density at radius 1 is 0.970 bits per heavy atom. The van der Waals surface area contributed by atoms with E-state index in [4.69, 9.17) is 9.97 Å². The highest BCUT2D eigenvalue weighted by Crippen LogP contribution is 2.26. The Morgan fingerprint density at radius 3 is 2.64 bits per heavy atom. The zero-order valence-corrected chi connectivity index (χ0v) is 18.5. The molecule has 3 aromatic heterocycles. The van der Waals surface area contributed by atoms with Crippen LogP contribution in [0.1, 0.15) is 32.9 Å². The summed E-state index contributed by atoms with van der Waals surface area (Å²) in [6, 6.07) is 19.4. The van der Waals surface area contributed by atoms with Crippen LogP contribution in [-0.4, -0.2) is 25.8 Å². The molecule has 6 nitrogen and oxygen atoms in total. The van der Waals surface area contributed by atoms with Crippen LogP contribution in [0.25, 0.3) is 22.3 Å². The second-order valence-corrected chi connectivity index (χ2v) is 8.06. The Labute approximate surface area is 191 Å². The van der Waals surface area contributed by atoms with Crippen molar-refractivity contribution in [1.82, 2.24) is 19.9 Å². The highest BCUT2D eigenvalue weighted by atomic mass is 16.1. The largest absolute Gasteiger partial charge is 0.358 e. The summed E-state index contributed by atoms with van der Waals surface area (Å²) in [5, 5.41) is 3.00. The zero-order valence-electron chi connectivity index (χ0n) is 18.5. The fourth-order valence-corrected chi connectivity index (χ4v) is 3.95.